The van der Waals surface area contributed by atoms with Crippen molar-refractivity contribution in [2.24, 2.45) is 0 Å². The number of carbonyl (C=O) groups excluding carboxylic acids is 2. The summed E-state index contributed by atoms with van der Waals surface area (Å²) in [6, 6.07) is 9.39. The molecule has 0 aromatic heterocycles. The molecule has 1 atom stereocenters. The third-order valence-corrected chi connectivity index (χ3v) is 5.85. The Labute approximate surface area is 205 Å². The van der Waals surface area contributed by atoms with Crippen molar-refractivity contribution >= 4 is 23.1 Å². The van der Waals surface area contributed by atoms with E-state index < -0.39 is 46.6 Å². The predicted molar refractivity (Wildman–Crippen MR) is 126 cm³/mol. The van der Waals surface area contributed by atoms with Crippen LogP contribution in [0, 0.1) is 24.4 Å². The van der Waals surface area contributed by atoms with E-state index in [1.165, 1.54) is 44.4 Å². The van der Waals surface area contributed by atoms with Crippen molar-refractivity contribution in [2.45, 2.75) is 19.9 Å². The van der Waals surface area contributed by atoms with E-state index in [2.05, 4.69) is 0 Å². The van der Waals surface area contributed by atoms with Gasteiger partial charge in [0.1, 0.15) is 23.2 Å². The fraction of sp³-hybridized carbons (Fsp3) is 0.185. The van der Waals surface area contributed by atoms with E-state index in [0.717, 1.165) is 29.2 Å². The summed E-state index contributed by atoms with van der Waals surface area (Å²) in [5.41, 5.74) is -0.311. The molecule has 3 aromatic rings. The van der Waals surface area contributed by atoms with Crippen LogP contribution in [0.3, 0.4) is 0 Å². The second kappa shape index (κ2) is 9.77. The van der Waals surface area contributed by atoms with Gasteiger partial charge in [0.05, 0.1) is 31.0 Å². The van der Waals surface area contributed by atoms with E-state index in [1.54, 1.807) is 6.92 Å². The molecule has 1 N–H and O–H groups in total. The van der Waals surface area contributed by atoms with E-state index in [4.69, 9.17) is 9.47 Å². The van der Waals surface area contributed by atoms with Crippen LogP contribution in [0.4, 0.5) is 18.9 Å². The highest BCUT2D eigenvalue weighted by Gasteiger charge is 2.48. The quantitative estimate of drug-likeness (QED) is 0.279. The number of hydrogen-bond donors (Lipinski definition) is 1. The van der Waals surface area contributed by atoms with Gasteiger partial charge in [0.15, 0.2) is 11.5 Å². The van der Waals surface area contributed by atoms with Crippen molar-refractivity contribution in [1.29, 1.82) is 0 Å². The SMILES string of the molecule is CCOc1cc(C2/C(=C(\O)c3ccc(F)c(C)c3)C(=O)C(=O)N2c2cc(F)ccc2F)ccc1OC. The molecule has 1 unspecified atom stereocenters. The molecule has 9 heteroatoms. The van der Waals surface area contributed by atoms with E-state index in [9.17, 15) is 27.9 Å². The summed E-state index contributed by atoms with van der Waals surface area (Å²) < 4.78 is 53.7. The number of ketones is 1. The summed E-state index contributed by atoms with van der Waals surface area (Å²) in [5.74, 6) is -4.53. The second-order valence-corrected chi connectivity index (χ2v) is 8.07. The number of halogens is 3. The number of methoxy groups -OCH3 is 1. The lowest BCUT2D eigenvalue weighted by atomic mass is 9.94. The fourth-order valence-electron chi connectivity index (χ4n) is 4.15. The van der Waals surface area contributed by atoms with Gasteiger partial charge < -0.3 is 14.6 Å². The molecule has 0 saturated carbocycles. The molecule has 4 rings (SSSR count). The molecule has 1 heterocycles. The Hall–Kier alpha value is -4.27. The Balaban J connectivity index is 2.01. The van der Waals surface area contributed by atoms with Crippen LogP contribution in [-0.2, 0) is 9.59 Å². The smallest absolute Gasteiger partial charge is 0.300 e. The van der Waals surface area contributed by atoms with Crippen LogP contribution < -0.4 is 14.4 Å². The molecule has 1 amide bonds. The molecule has 1 aliphatic heterocycles. The van der Waals surface area contributed by atoms with Crippen molar-refractivity contribution in [3.05, 3.63) is 94.3 Å². The highest BCUT2D eigenvalue weighted by Crippen LogP contribution is 2.45. The normalized spacial score (nSPS) is 16.9. The molecule has 1 saturated heterocycles. The van der Waals surface area contributed by atoms with Crippen LogP contribution >= 0.6 is 0 Å². The van der Waals surface area contributed by atoms with E-state index in [-0.39, 0.29) is 34.6 Å². The van der Waals surface area contributed by atoms with Crippen molar-refractivity contribution in [3.8, 4) is 11.5 Å². The molecule has 3 aromatic carbocycles. The number of hydrogen-bond acceptors (Lipinski definition) is 5. The van der Waals surface area contributed by atoms with Crippen LogP contribution in [-0.4, -0.2) is 30.5 Å². The zero-order valence-corrected chi connectivity index (χ0v) is 19.6. The number of amides is 1. The standard InChI is InChI=1S/C27H22F3NO5/c1-4-36-22-12-15(6-10-21(22)35-3)24-23(25(32)16-5-8-18(29)14(2)11-16)26(33)27(34)31(24)20-13-17(28)7-9-19(20)30/h5-13,24,32H,4H2,1-3H3/b25-23+. The minimum atomic E-state index is -1.35. The molecule has 6 nitrogen and oxygen atoms in total. The summed E-state index contributed by atoms with van der Waals surface area (Å²) in [7, 11) is 1.43. The number of aliphatic hydroxyl groups excluding tert-OH is 1. The fourth-order valence-corrected chi connectivity index (χ4v) is 4.15. The van der Waals surface area contributed by atoms with Gasteiger partial charge in [-0.05, 0) is 67.4 Å². The van der Waals surface area contributed by atoms with Gasteiger partial charge >= 0.3 is 0 Å². The summed E-state index contributed by atoms with van der Waals surface area (Å²) >= 11 is 0. The first-order valence-corrected chi connectivity index (χ1v) is 11.0. The van der Waals surface area contributed by atoms with Gasteiger partial charge in [-0.15, -0.1) is 0 Å². The lowest BCUT2D eigenvalue weighted by Gasteiger charge is -2.26. The van der Waals surface area contributed by atoms with E-state index in [1.807, 2.05) is 0 Å². The predicted octanol–water partition coefficient (Wildman–Crippen LogP) is 5.45. The molecule has 1 aliphatic rings. The van der Waals surface area contributed by atoms with Crippen LogP contribution in [0.1, 0.15) is 29.7 Å². The molecular formula is C27H22F3NO5. The monoisotopic (exact) mass is 497 g/mol. The molecular weight excluding hydrogens is 475 g/mol. The van der Waals surface area contributed by atoms with E-state index in [0.29, 0.717) is 5.75 Å². The first-order valence-electron chi connectivity index (χ1n) is 11.0. The van der Waals surface area contributed by atoms with Crippen LogP contribution in [0.25, 0.3) is 5.76 Å². The Morgan fingerprint density at radius 1 is 0.972 bits per heavy atom. The van der Waals surface area contributed by atoms with Crippen LogP contribution in [0.15, 0.2) is 60.2 Å². The zero-order chi connectivity index (χ0) is 26.1. The van der Waals surface area contributed by atoms with Gasteiger partial charge in [-0.2, -0.15) is 0 Å². The number of ether oxygens (including phenoxy) is 2. The maximum Gasteiger partial charge on any atom is 0.300 e. The highest BCUT2D eigenvalue weighted by atomic mass is 19.1. The van der Waals surface area contributed by atoms with Crippen molar-refractivity contribution < 1.29 is 37.3 Å². The summed E-state index contributed by atoms with van der Waals surface area (Å²) in [5, 5.41) is 11.2. The molecule has 0 aliphatic carbocycles. The average molecular weight is 497 g/mol. The second-order valence-electron chi connectivity index (χ2n) is 8.07. The van der Waals surface area contributed by atoms with Crippen LogP contribution in [0.5, 0.6) is 11.5 Å². The number of benzene rings is 3. The molecule has 36 heavy (non-hydrogen) atoms. The maximum absolute atomic E-state index is 14.8. The summed E-state index contributed by atoms with van der Waals surface area (Å²) in [6.07, 6.45) is 0. The third kappa shape index (κ3) is 4.28. The van der Waals surface area contributed by atoms with Gasteiger partial charge in [-0.3, -0.25) is 14.5 Å². The number of carbonyl (C=O) groups is 2. The number of anilines is 1. The summed E-state index contributed by atoms with van der Waals surface area (Å²) in [6.45, 7) is 3.49. The van der Waals surface area contributed by atoms with Gasteiger partial charge in [0, 0.05) is 11.6 Å². The number of nitrogens with zero attached hydrogens (tertiary/aromatic N) is 1. The number of aryl methyl sites for hydroxylation is 1. The van der Waals surface area contributed by atoms with Gasteiger partial charge in [0.2, 0.25) is 0 Å². The number of aliphatic hydroxyl groups is 1. The largest absolute Gasteiger partial charge is 0.507 e. The van der Waals surface area contributed by atoms with Gasteiger partial charge in [-0.25, -0.2) is 13.2 Å². The molecule has 0 spiro atoms. The van der Waals surface area contributed by atoms with Crippen molar-refractivity contribution in [1.82, 2.24) is 0 Å². The lowest BCUT2D eigenvalue weighted by Crippen LogP contribution is -2.30. The highest BCUT2D eigenvalue weighted by molar-refractivity contribution is 6.51. The van der Waals surface area contributed by atoms with Gasteiger partial charge in [-0.1, -0.05) is 6.07 Å². The third-order valence-electron chi connectivity index (χ3n) is 5.85. The molecule has 186 valence electrons. The van der Waals surface area contributed by atoms with Crippen molar-refractivity contribution in [2.75, 3.05) is 18.6 Å². The topological polar surface area (TPSA) is 76.1 Å². The summed E-state index contributed by atoms with van der Waals surface area (Å²) in [4.78, 5) is 27.2. The van der Waals surface area contributed by atoms with E-state index >= 15 is 0 Å². The Morgan fingerprint density at radius 2 is 1.69 bits per heavy atom. The Kier molecular flexibility index (Phi) is 6.74. The molecule has 0 bridgehead atoms. The maximum atomic E-state index is 14.8. The average Bonchev–Trinajstić information content (AvgIpc) is 3.12. The molecule has 1 fully saturated rings. The molecule has 0 radical (unpaired) electrons. The first kappa shape index (κ1) is 24.8. The van der Waals surface area contributed by atoms with Crippen molar-refractivity contribution in [3.63, 3.8) is 0 Å². The number of Topliss-reactive ketones (excluding diaryl/α,β-unsaturated/α-hetero) is 1. The van der Waals surface area contributed by atoms with Gasteiger partial charge in [0.25, 0.3) is 11.7 Å². The lowest BCUT2D eigenvalue weighted by molar-refractivity contribution is -0.132. The minimum absolute atomic E-state index is 0.0788. The minimum Gasteiger partial charge on any atom is -0.507 e. The Bertz CT molecular complexity index is 1400. The Morgan fingerprint density at radius 3 is 2.36 bits per heavy atom. The number of rotatable bonds is 6. The zero-order valence-electron chi connectivity index (χ0n) is 19.6. The van der Waals surface area contributed by atoms with Crippen LogP contribution in [0.2, 0.25) is 0 Å². The first-order chi connectivity index (χ1) is 17.2.